The van der Waals surface area contributed by atoms with E-state index in [1.165, 1.54) is 11.3 Å². The third kappa shape index (κ3) is 1.70. The van der Waals surface area contributed by atoms with E-state index in [4.69, 9.17) is 21.6 Å². The average molecular weight is 291 g/mol. The monoisotopic (exact) mass is 290 g/mol. The van der Waals surface area contributed by atoms with Crippen LogP contribution in [0.5, 0.6) is 0 Å². The van der Waals surface area contributed by atoms with E-state index in [-0.39, 0.29) is 0 Å². The molecular weight excluding hydrogens is 286 g/mol. The molecule has 2 rings (SSSR count). The fourth-order valence-corrected chi connectivity index (χ4v) is 3.21. The highest BCUT2D eigenvalue weighted by molar-refractivity contribution is 9.10. The van der Waals surface area contributed by atoms with Crippen molar-refractivity contribution < 1.29 is 10.0 Å². The molecule has 2 N–H and O–H groups in total. The molecule has 0 amide bonds. The third-order valence-corrected chi connectivity index (χ3v) is 4.03. The molecule has 0 unspecified atom stereocenters. The Morgan fingerprint density at radius 1 is 1.36 bits per heavy atom. The Kier molecular flexibility index (Phi) is 2.86. The molecule has 0 bridgehead atoms. The summed E-state index contributed by atoms with van der Waals surface area (Å²) >= 11 is 10.6. The van der Waals surface area contributed by atoms with Crippen LogP contribution >= 0.6 is 38.9 Å². The largest absolute Gasteiger partial charge is 0.489 e. The zero-order chi connectivity index (χ0) is 10.3. The Hall–Kier alpha value is -0.0651. The third-order valence-electron chi connectivity index (χ3n) is 1.91. The maximum atomic E-state index is 9.07. The van der Waals surface area contributed by atoms with Crippen molar-refractivity contribution in [3.05, 3.63) is 27.0 Å². The van der Waals surface area contributed by atoms with Gasteiger partial charge in [0.05, 0.1) is 4.34 Å². The minimum Gasteiger partial charge on any atom is -0.423 e. The zero-order valence-corrected chi connectivity index (χ0v) is 10.0. The maximum absolute atomic E-state index is 9.07. The van der Waals surface area contributed by atoms with Gasteiger partial charge in [-0.25, -0.2) is 0 Å². The molecule has 1 aromatic carbocycles. The molecule has 0 aliphatic carbocycles. The SMILES string of the molecule is OB(O)c1ccc2sc(Cl)cc2c1Br. The lowest BCUT2D eigenvalue weighted by Crippen LogP contribution is -2.30. The quantitative estimate of drug-likeness (QED) is 0.789. The Labute approximate surface area is 98.4 Å². The molecule has 0 atom stereocenters. The average Bonchev–Trinajstić information content (AvgIpc) is 2.46. The van der Waals surface area contributed by atoms with Gasteiger partial charge in [-0.2, -0.15) is 0 Å². The van der Waals surface area contributed by atoms with Crippen molar-refractivity contribution in [2.75, 3.05) is 0 Å². The van der Waals surface area contributed by atoms with Gasteiger partial charge in [-0.1, -0.05) is 33.6 Å². The maximum Gasteiger partial charge on any atom is 0.489 e. The first-order valence-electron chi connectivity index (χ1n) is 3.83. The van der Waals surface area contributed by atoms with Crippen LogP contribution in [0.4, 0.5) is 0 Å². The molecule has 0 radical (unpaired) electrons. The number of thiophene rings is 1. The van der Waals surface area contributed by atoms with E-state index >= 15 is 0 Å². The summed E-state index contributed by atoms with van der Waals surface area (Å²) in [7, 11) is -1.47. The lowest BCUT2D eigenvalue weighted by atomic mass is 9.80. The first-order chi connectivity index (χ1) is 6.59. The van der Waals surface area contributed by atoms with E-state index in [1.54, 1.807) is 12.1 Å². The van der Waals surface area contributed by atoms with Crippen LogP contribution in [0.3, 0.4) is 0 Å². The number of rotatable bonds is 1. The van der Waals surface area contributed by atoms with Crippen molar-refractivity contribution in [2.24, 2.45) is 0 Å². The van der Waals surface area contributed by atoms with E-state index < -0.39 is 7.12 Å². The summed E-state index contributed by atoms with van der Waals surface area (Å²) in [6.45, 7) is 0. The molecule has 0 spiro atoms. The van der Waals surface area contributed by atoms with Gasteiger partial charge < -0.3 is 10.0 Å². The normalized spacial score (nSPS) is 10.9. The molecule has 2 aromatic rings. The van der Waals surface area contributed by atoms with Gasteiger partial charge in [0.1, 0.15) is 0 Å². The minimum atomic E-state index is -1.47. The number of halogens is 2. The van der Waals surface area contributed by atoms with Crippen LogP contribution in [0, 0.1) is 0 Å². The van der Waals surface area contributed by atoms with Crippen molar-refractivity contribution in [3.63, 3.8) is 0 Å². The van der Waals surface area contributed by atoms with Crippen molar-refractivity contribution in [2.45, 2.75) is 0 Å². The predicted molar refractivity (Wildman–Crippen MR) is 64.4 cm³/mol. The lowest BCUT2D eigenvalue weighted by molar-refractivity contribution is 0.425. The highest BCUT2D eigenvalue weighted by atomic mass is 79.9. The fraction of sp³-hybridized carbons (Fsp3) is 0. The smallest absolute Gasteiger partial charge is 0.423 e. The van der Waals surface area contributed by atoms with Gasteiger partial charge in [0.15, 0.2) is 0 Å². The summed E-state index contributed by atoms with van der Waals surface area (Å²) in [5.41, 5.74) is 0.451. The summed E-state index contributed by atoms with van der Waals surface area (Å²) < 4.78 is 2.39. The molecule has 14 heavy (non-hydrogen) atoms. The van der Waals surface area contributed by atoms with Crippen LogP contribution in [0.15, 0.2) is 22.7 Å². The summed E-state index contributed by atoms with van der Waals surface area (Å²) in [6, 6.07) is 5.30. The zero-order valence-electron chi connectivity index (χ0n) is 6.87. The molecule has 0 saturated carbocycles. The number of hydrogen-bond acceptors (Lipinski definition) is 3. The molecule has 1 aromatic heterocycles. The second-order valence-corrected chi connectivity index (χ2v) is 5.31. The van der Waals surface area contributed by atoms with Crippen LogP contribution < -0.4 is 5.46 Å². The topological polar surface area (TPSA) is 40.5 Å². The van der Waals surface area contributed by atoms with E-state index in [2.05, 4.69) is 15.9 Å². The summed E-state index contributed by atoms with van der Waals surface area (Å²) in [4.78, 5) is 0. The van der Waals surface area contributed by atoms with Gasteiger partial charge in [-0.05, 0) is 17.6 Å². The van der Waals surface area contributed by atoms with Crippen LogP contribution in [0.1, 0.15) is 0 Å². The lowest BCUT2D eigenvalue weighted by Gasteiger charge is -2.03. The molecule has 0 saturated heterocycles. The van der Waals surface area contributed by atoms with Crippen molar-refractivity contribution in [1.29, 1.82) is 0 Å². The first-order valence-corrected chi connectivity index (χ1v) is 5.82. The van der Waals surface area contributed by atoms with Gasteiger partial charge in [0, 0.05) is 14.6 Å². The molecular formula is C8H5BBrClO2S. The highest BCUT2D eigenvalue weighted by Gasteiger charge is 2.17. The minimum absolute atomic E-state index is 0.451. The second-order valence-electron chi connectivity index (χ2n) is 2.80. The Morgan fingerprint density at radius 3 is 2.71 bits per heavy atom. The molecule has 0 fully saturated rings. The fourth-order valence-electron chi connectivity index (χ4n) is 1.26. The molecule has 6 heteroatoms. The van der Waals surface area contributed by atoms with E-state index in [1.807, 2.05) is 6.07 Å². The van der Waals surface area contributed by atoms with E-state index in [0.717, 1.165) is 10.1 Å². The standard InChI is InChI=1S/C8H5BBrClO2S/c10-8-4-3-7(11)14-6(4)2-1-5(8)9(12)13/h1-3,12-13H. The van der Waals surface area contributed by atoms with Crippen LogP contribution in [-0.4, -0.2) is 17.2 Å². The summed E-state index contributed by atoms with van der Waals surface area (Å²) in [5.74, 6) is 0. The summed E-state index contributed by atoms with van der Waals surface area (Å²) in [6.07, 6.45) is 0. The van der Waals surface area contributed by atoms with Gasteiger partial charge >= 0.3 is 7.12 Å². The van der Waals surface area contributed by atoms with Gasteiger partial charge in [0.2, 0.25) is 0 Å². The van der Waals surface area contributed by atoms with Crippen LogP contribution in [0.2, 0.25) is 4.34 Å². The van der Waals surface area contributed by atoms with Gasteiger partial charge in [-0.3, -0.25) is 0 Å². The van der Waals surface area contributed by atoms with Crippen LogP contribution in [0.25, 0.3) is 10.1 Å². The van der Waals surface area contributed by atoms with Crippen molar-refractivity contribution in [3.8, 4) is 0 Å². The molecule has 0 aliphatic heterocycles. The van der Waals surface area contributed by atoms with Gasteiger partial charge in [0.25, 0.3) is 0 Å². The molecule has 0 aliphatic rings. The number of hydrogen-bond donors (Lipinski definition) is 2. The Bertz CT molecular complexity index is 485. The second kappa shape index (κ2) is 3.83. The highest BCUT2D eigenvalue weighted by Crippen LogP contribution is 2.33. The van der Waals surface area contributed by atoms with Crippen molar-refractivity contribution in [1.82, 2.24) is 0 Å². The number of benzene rings is 1. The summed E-state index contributed by atoms with van der Waals surface area (Å²) in [5, 5.41) is 19.0. The number of fused-ring (bicyclic) bond motifs is 1. The molecule has 1 heterocycles. The first kappa shape index (κ1) is 10.5. The van der Waals surface area contributed by atoms with Crippen LogP contribution in [-0.2, 0) is 0 Å². The van der Waals surface area contributed by atoms with Crippen molar-refractivity contribution >= 4 is 61.5 Å². The molecule has 2 nitrogen and oxygen atoms in total. The molecule has 72 valence electrons. The predicted octanol–water partition coefficient (Wildman–Crippen LogP) is 2.00. The van der Waals surface area contributed by atoms with E-state index in [0.29, 0.717) is 14.3 Å². The Morgan fingerprint density at radius 2 is 2.07 bits per heavy atom. The van der Waals surface area contributed by atoms with Gasteiger partial charge in [-0.15, -0.1) is 11.3 Å². The van der Waals surface area contributed by atoms with E-state index in [9.17, 15) is 0 Å². The Balaban J connectivity index is 2.74.